The van der Waals surface area contributed by atoms with E-state index in [-0.39, 0.29) is 18.2 Å². The maximum atomic E-state index is 12.8. The molecule has 1 atom stereocenters. The molecule has 2 N–H and O–H groups in total. The van der Waals surface area contributed by atoms with Crippen LogP contribution >= 0.6 is 0 Å². The molecular formula is C26H23F3N4O3. The number of aromatic nitrogens is 2. The summed E-state index contributed by atoms with van der Waals surface area (Å²) in [5, 5.41) is 5.58. The topological polar surface area (TPSA) is 85.2 Å². The summed E-state index contributed by atoms with van der Waals surface area (Å²) in [5.41, 5.74) is 3.21. The van der Waals surface area contributed by atoms with Crippen LogP contribution in [0, 0.1) is 6.92 Å². The summed E-state index contributed by atoms with van der Waals surface area (Å²) in [6.45, 7) is 3.59. The molecule has 0 radical (unpaired) electrons. The minimum Gasteiger partial charge on any atom is -0.406 e. The van der Waals surface area contributed by atoms with Gasteiger partial charge in [-0.1, -0.05) is 29.8 Å². The number of nitrogens with one attached hydrogen (secondary N) is 2. The predicted octanol–water partition coefficient (Wildman–Crippen LogP) is 5.37. The van der Waals surface area contributed by atoms with E-state index in [0.29, 0.717) is 28.1 Å². The first kappa shape index (κ1) is 24.8. The molecule has 3 aromatic carbocycles. The third kappa shape index (κ3) is 6.01. The van der Waals surface area contributed by atoms with Gasteiger partial charge < -0.3 is 19.9 Å². The number of aryl methyl sites for hydroxylation is 1. The van der Waals surface area contributed by atoms with E-state index in [0.717, 1.165) is 17.7 Å². The lowest BCUT2D eigenvalue weighted by atomic mass is 10.1. The zero-order chi connectivity index (χ0) is 25.9. The zero-order valence-electron chi connectivity index (χ0n) is 19.5. The molecule has 186 valence electrons. The van der Waals surface area contributed by atoms with Crippen molar-refractivity contribution in [3.63, 3.8) is 0 Å². The highest BCUT2D eigenvalue weighted by Crippen LogP contribution is 2.25. The van der Waals surface area contributed by atoms with E-state index < -0.39 is 18.3 Å². The van der Waals surface area contributed by atoms with Gasteiger partial charge in [0.05, 0.1) is 17.1 Å². The quantitative estimate of drug-likeness (QED) is 0.360. The van der Waals surface area contributed by atoms with Gasteiger partial charge in [0.15, 0.2) is 0 Å². The third-order valence-electron chi connectivity index (χ3n) is 5.41. The van der Waals surface area contributed by atoms with Crippen LogP contribution in [0.1, 0.15) is 34.7 Å². The van der Waals surface area contributed by atoms with Crippen molar-refractivity contribution < 1.29 is 27.5 Å². The number of carbonyl (C=O) groups is 2. The number of amides is 2. The molecule has 1 aromatic heterocycles. The number of benzene rings is 3. The number of anilines is 1. The largest absolute Gasteiger partial charge is 0.573 e. The fourth-order valence-electron chi connectivity index (χ4n) is 3.72. The van der Waals surface area contributed by atoms with Gasteiger partial charge in [-0.2, -0.15) is 0 Å². The summed E-state index contributed by atoms with van der Waals surface area (Å²) in [5.74, 6) is -0.588. The smallest absolute Gasteiger partial charge is 0.406 e. The Morgan fingerprint density at radius 1 is 1.00 bits per heavy atom. The molecule has 4 rings (SSSR count). The number of fused-ring (bicyclic) bond motifs is 1. The number of alkyl halides is 3. The Hall–Kier alpha value is -4.34. The van der Waals surface area contributed by atoms with Crippen molar-refractivity contribution >= 4 is 28.5 Å². The van der Waals surface area contributed by atoms with Crippen LogP contribution < -0.4 is 15.4 Å². The van der Waals surface area contributed by atoms with E-state index in [1.165, 1.54) is 12.1 Å². The van der Waals surface area contributed by atoms with Crippen molar-refractivity contribution in [1.82, 2.24) is 14.9 Å². The van der Waals surface area contributed by atoms with Crippen molar-refractivity contribution in [2.75, 3.05) is 5.32 Å². The van der Waals surface area contributed by atoms with Crippen LogP contribution in [0.25, 0.3) is 11.0 Å². The van der Waals surface area contributed by atoms with Crippen molar-refractivity contribution in [3.05, 3.63) is 89.7 Å². The van der Waals surface area contributed by atoms with E-state index in [1.54, 1.807) is 29.7 Å². The second-order valence-corrected chi connectivity index (χ2v) is 8.23. The molecule has 7 nitrogen and oxygen atoms in total. The summed E-state index contributed by atoms with van der Waals surface area (Å²) < 4.78 is 42.6. The Kier molecular flexibility index (Phi) is 6.96. The van der Waals surface area contributed by atoms with Gasteiger partial charge in [-0.25, -0.2) is 4.98 Å². The first-order valence-electron chi connectivity index (χ1n) is 11.1. The van der Waals surface area contributed by atoms with Gasteiger partial charge in [0, 0.05) is 11.3 Å². The standard InChI is InChI=1S/C26H23F3N4O3/c1-16-7-9-18(10-8-16)25(35)30-17(2)24-32-21-5-3-4-6-22(21)33(24)15-23(34)31-19-11-13-20(14-12-19)36-26(27,28)29/h3-14,17H,15H2,1-2H3,(H,30,35)(H,31,34)/t17-/m0/s1. The molecular weight excluding hydrogens is 473 g/mol. The average Bonchev–Trinajstić information content (AvgIpc) is 3.18. The number of halogens is 3. The maximum Gasteiger partial charge on any atom is 0.573 e. The molecule has 0 bridgehead atoms. The number of carbonyl (C=O) groups excluding carboxylic acids is 2. The first-order chi connectivity index (χ1) is 17.1. The molecule has 0 fully saturated rings. The molecule has 0 unspecified atom stereocenters. The van der Waals surface area contributed by atoms with Gasteiger partial charge in [0.25, 0.3) is 5.91 Å². The number of nitrogens with zero attached hydrogens (tertiary/aromatic N) is 2. The highest BCUT2D eigenvalue weighted by molar-refractivity contribution is 5.94. The van der Waals surface area contributed by atoms with Crippen molar-refractivity contribution in [2.24, 2.45) is 0 Å². The second-order valence-electron chi connectivity index (χ2n) is 8.23. The van der Waals surface area contributed by atoms with Gasteiger partial charge in [0.2, 0.25) is 5.91 Å². The molecule has 0 saturated carbocycles. The molecule has 0 aliphatic heterocycles. The lowest BCUT2D eigenvalue weighted by molar-refractivity contribution is -0.274. The van der Waals surface area contributed by atoms with E-state index in [1.807, 2.05) is 37.3 Å². The molecule has 36 heavy (non-hydrogen) atoms. The second kappa shape index (κ2) is 10.1. The molecule has 10 heteroatoms. The Morgan fingerprint density at radius 2 is 1.67 bits per heavy atom. The van der Waals surface area contributed by atoms with Gasteiger partial charge in [0.1, 0.15) is 18.1 Å². The minimum atomic E-state index is -4.80. The van der Waals surface area contributed by atoms with Crippen molar-refractivity contribution in [1.29, 1.82) is 0 Å². The van der Waals surface area contributed by atoms with Crippen LogP contribution in [0.2, 0.25) is 0 Å². The molecule has 1 heterocycles. The monoisotopic (exact) mass is 496 g/mol. The Bertz CT molecular complexity index is 1380. The van der Waals surface area contributed by atoms with Crippen LogP contribution in [0.3, 0.4) is 0 Å². The zero-order valence-corrected chi connectivity index (χ0v) is 19.5. The Balaban J connectivity index is 1.51. The normalized spacial score (nSPS) is 12.2. The van der Waals surface area contributed by atoms with E-state index in [4.69, 9.17) is 0 Å². The number of ether oxygens (including phenoxy) is 1. The minimum absolute atomic E-state index is 0.124. The molecule has 0 aliphatic rings. The van der Waals surface area contributed by atoms with Gasteiger partial charge >= 0.3 is 6.36 Å². The van der Waals surface area contributed by atoms with Crippen LogP contribution in [0.4, 0.5) is 18.9 Å². The number of para-hydroxylation sites is 2. The summed E-state index contributed by atoms with van der Waals surface area (Å²) in [6, 6.07) is 18.8. The highest BCUT2D eigenvalue weighted by Gasteiger charge is 2.31. The summed E-state index contributed by atoms with van der Waals surface area (Å²) in [4.78, 5) is 30.2. The van der Waals surface area contributed by atoms with Gasteiger partial charge in [-0.3, -0.25) is 9.59 Å². The SMILES string of the molecule is Cc1ccc(C(=O)N[C@@H](C)c2nc3ccccc3n2CC(=O)Nc2ccc(OC(F)(F)F)cc2)cc1. The first-order valence-corrected chi connectivity index (χ1v) is 11.1. The Labute approximate surface area is 204 Å². The summed E-state index contributed by atoms with van der Waals surface area (Å²) in [6.07, 6.45) is -4.80. The molecule has 2 amide bonds. The van der Waals surface area contributed by atoms with E-state index in [9.17, 15) is 22.8 Å². The summed E-state index contributed by atoms with van der Waals surface area (Å²) >= 11 is 0. The van der Waals surface area contributed by atoms with Crippen molar-refractivity contribution in [2.45, 2.75) is 32.8 Å². The lowest BCUT2D eigenvalue weighted by Gasteiger charge is -2.16. The Morgan fingerprint density at radius 3 is 2.33 bits per heavy atom. The predicted molar refractivity (Wildman–Crippen MR) is 129 cm³/mol. The lowest BCUT2D eigenvalue weighted by Crippen LogP contribution is -2.30. The molecule has 0 saturated heterocycles. The number of hydrogen-bond donors (Lipinski definition) is 2. The fourth-order valence-corrected chi connectivity index (χ4v) is 3.72. The number of hydrogen-bond acceptors (Lipinski definition) is 4. The number of imidazole rings is 1. The van der Waals surface area contributed by atoms with Gasteiger partial charge in [-0.15, -0.1) is 13.2 Å². The van der Waals surface area contributed by atoms with Crippen LogP contribution in [0.15, 0.2) is 72.8 Å². The fraction of sp³-hybridized carbons (Fsp3) is 0.192. The van der Waals surface area contributed by atoms with E-state index in [2.05, 4.69) is 20.4 Å². The molecule has 0 spiro atoms. The highest BCUT2D eigenvalue weighted by atomic mass is 19.4. The van der Waals surface area contributed by atoms with E-state index >= 15 is 0 Å². The van der Waals surface area contributed by atoms with Crippen LogP contribution in [0.5, 0.6) is 5.75 Å². The van der Waals surface area contributed by atoms with Gasteiger partial charge in [-0.05, 0) is 62.4 Å². The van der Waals surface area contributed by atoms with Crippen LogP contribution in [-0.4, -0.2) is 27.7 Å². The summed E-state index contributed by atoms with van der Waals surface area (Å²) in [7, 11) is 0. The number of rotatable bonds is 7. The van der Waals surface area contributed by atoms with Crippen LogP contribution in [-0.2, 0) is 11.3 Å². The van der Waals surface area contributed by atoms with Crippen molar-refractivity contribution in [3.8, 4) is 5.75 Å². The maximum absolute atomic E-state index is 12.8. The third-order valence-corrected chi connectivity index (χ3v) is 5.41. The average molecular weight is 496 g/mol. The molecule has 4 aromatic rings. The molecule has 0 aliphatic carbocycles.